The second-order valence-electron chi connectivity index (χ2n) is 6.91. The number of carbonyl (C=O) groups excluding carboxylic acids is 2. The molecule has 2 aliphatic rings. The molecule has 0 unspecified atom stereocenters. The van der Waals surface area contributed by atoms with Crippen LogP contribution in [0.3, 0.4) is 0 Å². The Labute approximate surface area is 181 Å². The quantitative estimate of drug-likeness (QED) is 0.717. The van der Waals surface area contributed by atoms with Crippen molar-refractivity contribution >= 4 is 23.7 Å². The summed E-state index contributed by atoms with van der Waals surface area (Å²) in [5.74, 6) is -0.405. The summed E-state index contributed by atoms with van der Waals surface area (Å²) in [5.41, 5.74) is 0.942. The van der Waals surface area contributed by atoms with E-state index in [0.29, 0.717) is 37.4 Å². The summed E-state index contributed by atoms with van der Waals surface area (Å²) in [5, 5.41) is 2.69. The van der Waals surface area contributed by atoms with Crippen LogP contribution in [0.5, 0.6) is 17.5 Å². The first-order valence-corrected chi connectivity index (χ1v) is 9.62. The molecule has 0 atom stereocenters. The fraction of sp³-hybridized carbons (Fsp3) is 0.300. The molecular weight excluding hydrogens is 428 g/mol. The van der Waals surface area contributed by atoms with Gasteiger partial charge in [-0.2, -0.15) is 0 Å². The first-order valence-electron chi connectivity index (χ1n) is 9.62. The molecule has 0 radical (unpaired) electrons. The molecule has 0 bridgehead atoms. The fourth-order valence-corrected chi connectivity index (χ4v) is 3.16. The van der Waals surface area contributed by atoms with Gasteiger partial charge < -0.3 is 29.3 Å². The zero-order valence-electron chi connectivity index (χ0n) is 17.0. The minimum Gasteiger partial charge on any atom is -0.467 e. The number of ether oxygens (including phenoxy) is 3. The predicted octanol–water partition coefficient (Wildman–Crippen LogP) is 2.20. The SMILES string of the molecule is COc1ncc(NC(=O)N2CCN(C(=O)/C=C/c3ccc4c(c3)OC(F)(F)O4)CC2)cn1. The normalized spacial score (nSPS) is 16.8. The Bertz CT molecular complexity index is 1040. The lowest BCUT2D eigenvalue weighted by Gasteiger charge is -2.34. The van der Waals surface area contributed by atoms with E-state index in [1.54, 1.807) is 15.9 Å². The number of anilines is 1. The van der Waals surface area contributed by atoms with Crippen molar-refractivity contribution in [1.29, 1.82) is 0 Å². The molecule has 2 aromatic rings. The molecule has 3 amide bonds. The molecule has 2 aliphatic heterocycles. The van der Waals surface area contributed by atoms with Crippen LogP contribution in [0.2, 0.25) is 0 Å². The van der Waals surface area contributed by atoms with Crippen molar-refractivity contribution in [3.63, 3.8) is 0 Å². The van der Waals surface area contributed by atoms with Crippen molar-refractivity contribution < 1.29 is 32.6 Å². The van der Waals surface area contributed by atoms with Gasteiger partial charge in [-0.3, -0.25) is 4.79 Å². The average Bonchev–Trinajstić information content (AvgIpc) is 3.11. The summed E-state index contributed by atoms with van der Waals surface area (Å²) >= 11 is 0. The van der Waals surface area contributed by atoms with Gasteiger partial charge in [-0.05, 0) is 23.8 Å². The van der Waals surface area contributed by atoms with Crippen molar-refractivity contribution in [3.05, 3.63) is 42.2 Å². The number of amides is 3. The Morgan fingerprint density at radius 3 is 2.44 bits per heavy atom. The van der Waals surface area contributed by atoms with Crippen LogP contribution >= 0.6 is 0 Å². The third-order valence-corrected chi connectivity index (χ3v) is 4.78. The first-order chi connectivity index (χ1) is 15.3. The second-order valence-corrected chi connectivity index (χ2v) is 6.91. The zero-order valence-corrected chi connectivity index (χ0v) is 17.0. The minimum atomic E-state index is -3.69. The minimum absolute atomic E-state index is 0.0610. The van der Waals surface area contributed by atoms with E-state index in [1.807, 2.05) is 0 Å². The van der Waals surface area contributed by atoms with Gasteiger partial charge in [0.25, 0.3) is 0 Å². The molecule has 10 nitrogen and oxygen atoms in total. The van der Waals surface area contributed by atoms with Crippen molar-refractivity contribution in [3.8, 4) is 17.5 Å². The van der Waals surface area contributed by atoms with Gasteiger partial charge in [0.15, 0.2) is 11.5 Å². The predicted molar refractivity (Wildman–Crippen MR) is 107 cm³/mol. The fourth-order valence-electron chi connectivity index (χ4n) is 3.16. The van der Waals surface area contributed by atoms with Gasteiger partial charge in [0.2, 0.25) is 5.91 Å². The summed E-state index contributed by atoms with van der Waals surface area (Å²) in [6, 6.07) is 4.13. The average molecular weight is 447 g/mol. The Hall–Kier alpha value is -3.96. The maximum Gasteiger partial charge on any atom is 0.586 e. The Morgan fingerprint density at radius 1 is 1.09 bits per heavy atom. The standard InChI is InChI=1S/C20H19F2N5O5/c1-30-18-23-11-14(12-24-18)25-19(29)27-8-6-26(7-9-27)17(28)5-3-13-2-4-15-16(10-13)32-20(21,22)31-15/h2-5,10-12H,6-9H2,1H3,(H,25,29)/b5-3+. The van der Waals surface area contributed by atoms with Gasteiger partial charge in [0.05, 0.1) is 25.2 Å². The van der Waals surface area contributed by atoms with Crippen LogP contribution in [0, 0.1) is 0 Å². The van der Waals surface area contributed by atoms with Crippen LogP contribution in [-0.4, -0.2) is 71.3 Å². The number of piperazine rings is 1. The van der Waals surface area contributed by atoms with E-state index in [9.17, 15) is 18.4 Å². The number of benzene rings is 1. The lowest BCUT2D eigenvalue weighted by atomic mass is 10.2. The monoisotopic (exact) mass is 447 g/mol. The molecule has 168 valence electrons. The second kappa shape index (κ2) is 8.65. The van der Waals surface area contributed by atoms with Crippen LogP contribution in [0.1, 0.15) is 5.56 Å². The molecule has 4 rings (SSSR count). The molecule has 1 aromatic heterocycles. The molecule has 1 aromatic carbocycles. The number of carbonyl (C=O) groups is 2. The molecule has 0 spiro atoms. The third kappa shape index (κ3) is 4.85. The van der Waals surface area contributed by atoms with Crippen LogP contribution in [0.25, 0.3) is 6.08 Å². The van der Waals surface area contributed by atoms with Crippen molar-refractivity contribution in [1.82, 2.24) is 19.8 Å². The summed E-state index contributed by atoms with van der Waals surface area (Å²) in [7, 11) is 1.44. The third-order valence-electron chi connectivity index (χ3n) is 4.78. The molecule has 0 aliphatic carbocycles. The first kappa shape index (κ1) is 21.3. The molecule has 32 heavy (non-hydrogen) atoms. The highest BCUT2D eigenvalue weighted by Crippen LogP contribution is 2.41. The summed E-state index contributed by atoms with van der Waals surface area (Å²) in [4.78, 5) is 35.9. The number of halogens is 2. The molecule has 1 N–H and O–H groups in total. The number of hydrogen-bond acceptors (Lipinski definition) is 7. The number of rotatable bonds is 4. The van der Waals surface area contributed by atoms with Gasteiger partial charge in [0, 0.05) is 32.3 Å². The van der Waals surface area contributed by atoms with E-state index in [0.717, 1.165) is 0 Å². The molecule has 3 heterocycles. The van der Waals surface area contributed by atoms with E-state index in [4.69, 9.17) is 4.74 Å². The largest absolute Gasteiger partial charge is 0.586 e. The lowest BCUT2D eigenvalue weighted by molar-refractivity contribution is -0.286. The smallest absolute Gasteiger partial charge is 0.467 e. The topological polar surface area (TPSA) is 106 Å². The number of fused-ring (bicyclic) bond motifs is 1. The summed E-state index contributed by atoms with van der Waals surface area (Å²) in [6.07, 6.45) is 2.04. The van der Waals surface area contributed by atoms with Crippen molar-refractivity contribution in [2.24, 2.45) is 0 Å². The van der Waals surface area contributed by atoms with E-state index in [2.05, 4.69) is 24.8 Å². The molecular formula is C20H19F2N5O5. The highest BCUT2D eigenvalue weighted by Gasteiger charge is 2.43. The van der Waals surface area contributed by atoms with E-state index < -0.39 is 6.29 Å². The highest BCUT2D eigenvalue weighted by molar-refractivity contribution is 5.92. The van der Waals surface area contributed by atoms with Crippen LogP contribution in [0.4, 0.5) is 19.3 Å². The Kier molecular flexibility index (Phi) is 5.75. The van der Waals surface area contributed by atoms with Gasteiger partial charge in [-0.1, -0.05) is 6.07 Å². The van der Waals surface area contributed by atoms with Crippen LogP contribution in [-0.2, 0) is 4.79 Å². The number of alkyl halides is 2. The molecule has 1 saturated heterocycles. The van der Waals surface area contributed by atoms with Crippen molar-refractivity contribution in [2.75, 3.05) is 38.6 Å². The Morgan fingerprint density at radius 2 is 1.75 bits per heavy atom. The van der Waals surface area contributed by atoms with Gasteiger partial charge in [-0.25, -0.2) is 14.8 Å². The van der Waals surface area contributed by atoms with Crippen molar-refractivity contribution in [2.45, 2.75) is 6.29 Å². The number of aromatic nitrogens is 2. The number of methoxy groups -OCH3 is 1. The summed E-state index contributed by atoms with van der Waals surface area (Å²) in [6.45, 7) is 1.40. The van der Waals surface area contributed by atoms with E-state index >= 15 is 0 Å². The number of hydrogen-bond donors (Lipinski definition) is 1. The van der Waals surface area contributed by atoms with Gasteiger partial charge in [0.1, 0.15) is 0 Å². The summed E-state index contributed by atoms with van der Waals surface area (Å²) < 4.78 is 39.8. The molecule has 0 saturated carbocycles. The van der Waals surface area contributed by atoms with Crippen LogP contribution < -0.4 is 19.5 Å². The van der Waals surface area contributed by atoms with Gasteiger partial charge >= 0.3 is 18.3 Å². The maximum absolute atomic E-state index is 13.1. The Balaban J connectivity index is 1.27. The lowest BCUT2D eigenvalue weighted by Crippen LogP contribution is -2.51. The maximum atomic E-state index is 13.1. The van der Waals surface area contributed by atoms with E-state index in [-0.39, 0.29) is 29.4 Å². The van der Waals surface area contributed by atoms with E-state index in [1.165, 1.54) is 43.8 Å². The molecule has 12 heteroatoms. The van der Waals surface area contributed by atoms with Crippen LogP contribution in [0.15, 0.2) is 36.7 Å². The van der Waals surface area contributed by atoms with Gasteiger partial charge in [-0.15, -0.1) is 8.78 Å². The number of nitrogens with zero attached hydrogens (tertiary/aromatic N) is 4. The molecule has 1 fully saturated rings. The highest BCUT2D eigenvalue weighted by atomic mass is 19.3. The number of nitrogens with one attached hydrogen (secondary N) is 1. The number of urea groups is 1. The zero-order chi connectivity index (χ0) is 22.7.